The summed E-state index contributed by atoms with van der Waals surface area (Å²) in [7, 11) is 0. The van der Waals surface area contributed by atoms with Crippen LogP contribution in [0.4, 0.5) is 0 Å². The highest BCUT2D eigenvalue weighted by molar-refractivity contribution is 7.13. The van der Waals surface area contributed by atoms with E-state index in [0.717, 1.165) is 21.5 Å². The first-order valence-electron chi connectivity index (χ1n) is 8.20. The standard InChI is InChI=1S/C21H13N3O2S/c22-12-15-10-14(7-8-23-15)13-26-21(25)17-11-19(20-6-3-9-27-20)24-18-5-2-1-4-16(17)18/h1-11H,13H2. The molecule has 0 saturated carbocycles. The van der Waals surface area contributed by atoms with Gasteiger partial charge in [0.15, 0.2) is 0 Å². The van der Waals surface area contributed by atoms with Crippen molar-refractivity contribution < 1.29 is 9.53 Å². The van der Waals surface area contributed by atoms with Gasteiger partial charge in [-0.15, -0.1) is 11.3 Å². The van der Waals surface area contributed by atoms with Crippen molar-refractivity contribution in [2.24, 2.45) is 0 Å². The number of hydrogen-bond donors (Lipinski definition) is 0. The molecule has 5 nitrogen and oxygen atoms in total. The molecule has 0 N–H and O–H groups in total. The van der Waals surface area contributed by atoms with Gasteiger partial charge in [-0.25, -0.2) is 14.8 Å². The number of nitriles is 1. The van der Waals surface area contributed by atoms with E-state index in [0.29, 0.717) is 11.1 Å². The van der Waals surface area contributed by atoms with E-state index < -0.39 is 5.97 Å². The molecule has 130 valence electrons. The largest absolute Gasteiger partial charge is 0.457 e. The third kappa shape index (κ3) is 3.54. The summed E-state index contributed by atoms with van der Waals surface area (Å²) < 4.78 is 5.49. The molecule has 6 heteroatoms. The Kier molecular flexibility index (Phi) is 4.60. The first-order valence-corrected chi connectivity index (χ1v) is 9.08. The average molecular weight is 371 g/mol. The normalized spacial score (nSPS) is 10.5. The average Bonchev–Trinajstić information content (AvgIpc) is 3.26. The third-order valence-corrected chi connectivity index (χ3v) is 4.91. The Morgan fingerprint density at radius 3 is 2.85 bits per heavy atom. The van der Waals surface area contributed by atoms with Crippen LogP contribution in [0.1, 0.15) is 21.6 Å². The van der Waals surface area contributed by atoms with Crippen LogP contribution in [0.2, 0.25) is 0 Å². The summed E-state index contributed by atoms with van der Waals surface area (Å²) in [4.78, 5) is 22.3. The number of nitrogens with zero attached hydrogens (tertiary/aromatic N) is 3. The van der Waals surface area contributed by atoms with Gasteiger partial charge in [0.25, 0.3) is 0 Å². The third-order valence-electron chi connectivity index (χ3n) is 4.02. The lowest BCUT2D eigenvalue weighted by atomic mass is 10.1. The van der Waals surface area contributed by atoms with Gasteiger partial charge in [0, 0.05) is 11.6 Å². The second kappa shape index (κ2) is 7.36. The van der Waals surface area contributed by atoms with Gasteiger partial charge < -0.3 is 4.74 Å². The summed E-state index contributed by atoms with van der Waals surface area (Å²) in [6.07, 6.45) is 1.53. The number of para-hydroxylation sites is 1. The van der Waals surface area contributed by atoms with Gasteiger partial charge in [0.05, 0.1) is 21.7 Å². The number of carbonyl (C=O) groups excluding carboxylic acids is 1. The highest BCUT2D eigenvalue weighted by atomic mass is 32.1. The van der Waals surface area contributed by atoms with Crippen LogP contribution in [-0.2, 0) is 11.3 Å². The van der Waals surface area contributed by atoms with E-state index in [1.807, 2.05) is 47.8 Å². The lowest BCUT2D eigenvalue weighted by molar-refractivity contribution is 0.0475. The summed E-state index contributed by atoms with van der Waals surface area (Å²) in [5.41, 5.74) is 2.96. The van der Waals surface area contributed by atoms with Crippen LogP contribution in [0, 0.1) is 11.3 Å². The first kappa shape index (κ1) is 16.9. The number of thiophene rings is 1. The zero-order chi connectivity index (χ0) is 18.6. The molecule has 0 spiro atoms. The molecule has 4 aromatic rings. The van der Waals surface area contributed by atoms with E-state index in [-0.39, 0.29) is 12.3 Å². The highest BCUT2D eigenvalue weighted by Gasteiger charge is 2.16. The van der Waals surface area contributed by atoms with E-state index >= 15 is 0 Å². The first-order chi connectivity index (χ1) is 13.2. The molecule has 0 radical (unpaired) electrons. The molecule has 0 aliphatic carbocycles. The molecule has 0 saturated heterocycles. The Labute approximate surface area is 159 Å². The number of hydrogen-bond acceptors (Lipinski definition) is 6. The van der Waals surface area contributed by atoms with Crippen LogP contribution in [0.15, 0.2) is 66.2 Å². The molecular weight excluding hydrogens is 358 g/mol. The van der Waals surface area contributed by atoms with Crippen molar-refractivity contribution in [2.75, 3.05) is 0 Å². The predicted molar refractivity (Wildman–Crippen MR) is 103 cm³/mol. The number of aromatic nitrogens is 2. The molecule has 0 aliphatic rings. The fourth-order valence-corrected chi connectivity index (χ4v) is 3.43. The molecule has 0 aliphatic heterocycles. The summed E-state index contributed by atoms with van der Waals surface area (Å²) in [6, 6.07) is 18.5. The zero-order valence-electron chi connectivity index (χ0n) is 14.1. The SMILES string of the molecule is N#Cc1cc(COC(=O)c2cc(-c3cccs3)nc3ccccc23)ccn1. The van der Waals surface area contributed by atoms with Gasteiger partial charge in [-0.1, -0.05) is 24.3 Å². The van der Waals surface area contributed by atoms with E-state index in [1.54, 1.807) is 29.5 Å². The van der Waals surface area contributed by atoms with Crippen LogP contribution in [0.3, 0.4) is 0 Å². The maximum atomic E-state index is 12.8. The van der Waals surface area contributed by atoms with Crippen molar-refractivity contribution in [1.82, 2.24) is 9.97 Å². The minimum atomic E-state index is -0.429. The second-order valence-electron chi connectivity index (χ2n) is 5.79. The van der Waals surface area contributed by atoms with Crippen molar-refractivity contribution in [1.29, 1.82) is 5.26 Å². The molecule has 1 aromatic carbocycles. The zero-order valence-corrected chi connectivity index (χ0v) is 14.9. The van der Waals surface area contributed by atoms with Gasteiger partial charge >= 0.3 is 5.97 Å². The summed E-state index contributed by atoms with van der Waals surface area (Å²) >= 11 is 1.57. The van der Waals surface area contributed by atoms with Gasteiger partial charge in [-0.3, -0.25) is 0 Å². The Bertz CT molecular complexity index is 1160. The maximum absolute atomic E-state index is 12.8. The minimum Gasteiger partial charge on any atom is -0.457 e. The van der Waals surface area contributed by atoms with Crippen LogP contribution in [-0.4, -0.2) is 15.9 Å². The molecule has 0 atom stereocenters. The van der Waals surface area contributed by atoms with Crippen molar-refractivity contribution in [3.8, 4) is 16.6 Å². The van der Waals surface area contributed by atoms with Crippen LogP contribution in [0.25, 0.3) is 21.5 Å². The number of pyridine rings is 2. The van der Waals surface area contributed by atoms with E-state index in [9.17, 15) is 4.79 Å². The predicted octanol–water partition coefficient (Wildman–Crippen LogP) is 4.59. The van der Waals surface area contributed by atoms with E-state index in [2.05, 4.69) is 9.97 Å². The smallest absolute Gasteiger partial charge is 0.339 e. The fourth-order valence-electron chi connectivity index (χ4n) is 2.75. The van der Waals surface area contributed by atoms with Crippen LogP contribution >= 0.6 is 11.3 Å². The van der Waals surface area contributed by atoms with E-state index in [1.165, 1.54) is 6.20 Å². The molecule has 4 rings (SSSR count). The number of ether oxygens (including phenoxy) is 1. The molecule has 0 fully saturated rings. The van der Waals surface area contributed by atoms with Gasteiger partial charge in [-0.05, 0) is 41.3 Å². The number of rotatable bonds is 4. The topological polar surface area (TPSA) is 75.9 Å². The van der Waals surface area contributed by atoms with Crippen LogP contribution in [0.5, 0.6) is 0 Å². The van der Waals surface area contributed by atoms with Crippen LogP contribution < -0.4 is 0 Å². The van der Waals surface area contributed by atoms with E-state index in [4.69, 9.17) is 10.00 Å². The quantitative estimate of drug-likeness (QED) is 0.491. The second-order valence-corrected chi connectivity index (χ2v) is 6.73. The lowest BCUT2D eigenvalue weighted by Crippen LogP contribution is -2.07. The van der Waals surface area contributed by atoms with Gasteiger partial charge in [0.2, 0.25) is 0 Å². The van der Waals surface area contributed by atoms with Crippen molar-refractivity contribution in [2.45, 2.75) is 6.61 Å². The molecular formula is C21H13N3O2S. The molecule has 27 heavy (non-hydrogen) atoms. The summed E-state index contributed by atoms with van der Waals surface area (Å²) in [5, 5.41) is 11.6. The molecule has 0 unspecified atom stereocenters. The highest BCUT2D eigenvalue weighted by Crippen LogP contribution is 2.28. The number of fused-ring (bicyclic) bond motifs is 1. The Balaban J connectivity index is 1.67. The van der Waals surface area contributed by atoms with Gasteiger partial charge in [-0.2, -0.15) is 5.26 Å². The van der Waals surface area contributed by atoms with Crippen molar-refractivity contribution in [3.63, 3.8) is 0 Å². The Hall–Kier alpha value is -3.56. The summed E-state index contributed by atoms with van der Waals surface area (Å²) in [5.74, 6) is -0.429. The lowest BCUT2D eigenvalue weighted by Gasteiger charge is -2.09. The van der Waals surface area contributed by atoms with Gasteiger partial charge in [0.1, 0.15) is 18.4 Å². The Morgan fingerprint density at radius 2 is 2.04 bits per heavy atom. The minimum absolute atomic E-state index is 0.0705. The maximum Gasteiger partial charge on any atom is 0.339 e. The molecule has 0 bridgehead atoms. The molecule has 3 heterocycles. The van der Waals surface area contributed by atoms with Crippen molar-refractivity contribution >= 4 is 28.2 Å². The van der Waals surface area contributed by atoms with Crippen molar-refractivity contribution in [3.05, 3.63) is 83.0 Å². The summed E-state index contributed by atoms with van der Waals surface area (Å²) in [6.45, 7) is 0.0705. The molecule has 3 aromatic heterocycles. The Morgan fingerprint density at radius 1 is 1.15 bits per heavy atom. The molecule has 0 amide bonds. The fraction of sp³-hybridized carbons (Fsp3) is 0.0476. The number of esters is 1. The number of benzene rings is 1. The number of carbonyl (C=O) groups is 1. The monoisotopic (exact) mass is 371 g/mol.